The molecule has 108 valence electrons. The fourth-order valence-electron chi connectivity index (χ4n) is 3.46. The maximum Gasteiger partial charge on any atom is 0.129 e. The van der Waals surface area contributed by atoms with Gasteiger partial charge in [0.25, 0.3) is 0 Å². The molecule has 3 heteroatoms. The fraction of sp³-hybridized carbons (Fsp3) is 0.211. The number of hydrogen-bond acceptors (Lipinski definition) is 3. The first-order valence-electron chi connectivity index (χ1n) is 7.40. The van der Waals surface area contributed by atoms with Gasteiger partial charge in [-0.25, -0.2) is 0 Å². The molecule has 22 heavy (non-hydrogen) atoms. The van der Waals surface area contributed by atoms with Gasteiger partial charge < -0.3 is 0 Å². The van der Waals surface area contributed by atoms with Crippen molar-refractivity contribution in [2.45, 2.75) is 12.0 Å². The first-order valence-corrected chi connectivity index (χ1v) is 8.22. The molecule has 4 rings (SSSR count). The number of rotatable bonds is 1. The zero-order valence-electron chi connectivity index (χ0n) is 12.4. The van der Waals surface area contributed by atoms with E-state index in [2.05, 4.69) is 66.5 Å². The predicted molar refractivity (Wildman–Crippen MR) is 91.0 cm³/mol. The quantitative estimate of drug-likeness (QED) is 0.675. The minimum atomic E-state index is -0.562. The van der Waals surface area contributed by atoms with Crippen LogP contribution in [0.4, 0.5) is 0 Å². The molecule has 0 spiro atoms. The van der Waals surface area contributed by atoms with Crippen LogP contribution in [0.15, 0.2) is 54.6 Å². The van der Waals surface area contributed by atoms with E-state index >= 15 is 0 Å². The molecule has 0 saturated heterocycles. The molecule has 1 aromatic heterocycles. The minimum absolute atomic E-state index is 0.562. The summed E-state index contributed by atoms with van der Waals surface area (Å²) in [5.41, 5.74) is 1.87. The first-order chi connectivity index (χ1) is 10.7. The molecule has 0 N–H and O–H groups in total. The van der Waals surface area contributed by atoms with Crippen molar-refractivity contribution >= 4 is 21.4 Å². The molecule has 1 atom stereocenters. The number of thiophene rings is 1. The SMILES string of the molecule is CN1Cc2ccccc2C(C#N)(c2cc3ccccc3s2)C1. The Kier molecular flexibility index (Phi) is 3.04. The lowest BCUT2D eigenvalue weighted by molar-refractivity contribution is 0.269. The molecule has 0 fully saturated rings. The predicted octanol–water partition coefficient (Wildman–Crippen LogP) is 4.16. The molecule has 0 bridgehead atoms. The number of fused-ring (bicyclic) bond motifs is 2. The summed E-state index contributed by atoms with van der Waals surface area (Å²) in [6.07, 6.45) is 0. The zero-order valence-corrected chi connectivity index (χ0v) is 13.2. The Hall–Kier alpha value is -2.15. The highest BCUT2D eigenvalue weighted by atomic mass is 32.1. The molecule has 0 amide bonds. The molecule has 1 unspecified atom stereocenters. The van der Waals surface area contributed by atoms with Gasteiger partial charge in [0.2, 0.25) is 0 Å². The molecule has 2 heterocycles. The molecule has 1 aliphatic rings. The highest BCUT2D eigenvalue weighted by molar-refractivity contribution is 7.19. The van der Waals surface area contributed by atoms with Gasteiger partial charge >= 0.3 is 0 Å². The average Bonchev–Trinajstić information content (AvgIpc) is 2.98. The summed E-state index contributed by atoms with van der Waals surface area (Å²) < 4.78 is 1.25. The standard InChI is InChI=1S/C19H16N2S/c1-21-11-15-7-2-4-8-16(15)19(12-20,13-21)18-10-14-6-3-5-9-17(14)22-18/h2-10H,11,13H2,1H3. The number of hydrogen-bond donors (Lipinski definition) is 0. The largest absolute Gasteiger partial charge is 0.300 e. The van der Waals surface area contributed by atoms with Gasteiger partial charge in [-0.1, -0.05) is 42.5 Å². The Morgan fingerprint density at radius 2 is 1.91 bits per heavy atom. The Labute approximate surface area is 134 Å². The van der Waals surface area contributed by atoms with Gasteiger partial charge in [-0.3, -0.25) is 4.90 Å². The topological polar surface area (TPSA) is 27.0 Å². The third-order valence-electron chi connectivity index (χ3n) is 4.46. The van der Waals surface area contributed by atoms with E-state index < -0.39 is 5.41 Å². The second kappa shape index (κ2) is 4.95. The Morgan fingerprint density at radius 3 is 2.73 bits per heavy atom. The van der Waals surface area contributed by atoms with Crippen molar-refractivity contribution in [3.05, 3.63) is 70.6 Å². The van der Waals surface area contributed by atoms with Crippen LogP contribution in [-0.4, -0.2) is 18.5 Å². The molecule has 2 aromatic carbocycles. The van der Waals surface area contributed by atoms with Crippen LogP contribution in [-0.2, 0) is 12.0 Å². The lowest BCUT2D eigenvalue weighted by Crippen LogP contribution is -2.43. The van der Waals surface area contributed by atoms with E-state index in [9.17, 15) is 5.26 Å². The maximum absolute atomic E-state index is 10.1. The Balaban J connectivity index is 1.99. The first kappa shape index (κ1) is 13.5. The molecule has 1 aliphatic heterocycles. The molecule has 0 radical (unpaired) electrons. The molecule has 0 aliphatic carbocycles. The van der Waals surface area contributed by atoms with E-state index in [1.165, 1.54) is 21.2 Å². The van der Waals surface area contributed by atoms with Crippen LogP contribution in [0, 0.1) is 11.3 Å². The van der Waals surface area contributed by atoms with Crippen molar-refractivity contribution in [2.24, 2.45) is 0 Å². The van der Waals surface area contributed by atoms with Crippen molar-refractivity contribution in [3.8, 4) is 6.07 Å². The van der Waals surface area contributed by atoms with E-state index in [1.54, 1.807) is 11.3 Å². The monoisotopic (exact) mass is 304 g/mol. The molecule has 0 saturated carbocycles. The maximum atomic E-state index is 10.1. The molecule has 3 aromatic rings. The lowest BCUT2D eigenvalue weighted by Gasteiger charge is -2.37. The van der Waals surface area contributed by atoms with Gasteiger partial charge in [0.05, 0.1) is 6.07 Å². The summed E-state index contributed by atoms with van der Waals surface area (Å²) in [5.74, 6) is 0. The van der Waals surface area contributed by atoms with Crippen molar-refractivity contribution in [1.29, 1.82) is 5.26 Å². The van der Waals surface area contributed by atoms with Gasteiger partial charge in [0, 0.05) is 22.7 Å². The van der Waals surface area contributed by atoms with Gasteiger partial charge in [0.15, 0.2) is 0 Å². The summed E-state index contributed by atoms with van der Waals surface area (Å²) in [6.45, 7) is 1.65. The summed E-state index contributed by atoms with van der Waals surface area (Å²) in [7, 11) is 2.09. The number of nitriles is 1. The minimum Gasteiger partial charge on any atom is -0.300 e. The van der Waals surface area contributed by atoms with Crippen LogP contribution in [0.1, 0.15) is 16.0 Å². The molecular formula is C19H16N2S. The normalized spacial score (nSPS) is 21.5. The third-order valence-corrected chi connectivity index (χ3v) is 5.74. The zero-order chi connectivity index (χ0) is 15.2. The summed E-state index contributed by atoms with van der Waals surface area (Å²) >= 11 is 1.74. The van der Waals surface area contributed by atoms with E-state index in [0.717, 1.165) is 18.0 Å². The average molecular weight is 304 g/mol. The van der Waals surface area contributed by atoms with Crippen LogP contribution in [0.5, 0.6) is 0 Å². The van der Waals surface area contributed by atoms with Crippen LogP contribution in [0.2, 0.25) is 0 Å². The van der Waals surface area contributed by atoms with E-state index in [1.807, 2.05) is 6.07 Å². The van der Waals surface area contributed by atoms with Crippen LogP contribution in [0.3, 0.4) is 0 Å². The van der Waals surface area contributed by atoms with Crippen LogP contribution in [0.25, 0.3) is 10.1 Å². The summed E-state index contributed by atoms with van der Waals surface area (Å²) in [5, 5.41) is 11.3. The molecule has 2 nitrogen and oxygen atoms in total. The van der Waals surface area contributed by atoms with E-state index in [4.69, 9.17) is 0 Å². The summed E-state index contributed by atoms with van der Waals surface area (Å²) in [6, 6.07) is 21.6. The highest BCUT2D eigenvalue weighted by Gasteiger charge is 2.41. The van der Waals surface area contributed by atoms with E-state index in [-0.39, 0.29) is 0 Å². The molecular weight excluding hydrogens is 288 g/mol. The number of likely N-dealkylation sites (N-methyl/N-ethyl adjacent to an activating group) is 1. The number of benzene rings is 2. The van der Waals surface area contributed by atoms with Gasteiger partial charge in [-0.15, -0.1) is 11.3 Å². The van der Waals surface area contributed by atoms with Crippen LogP contribution >= 0.6 is 11.3 Å². The van der Waals surface area contributed by atoms with Crippen molar-refractivity contribution in [3.63, 3.8) is 0 Å². The Morgan fingerprint density at radius 1 is 1.14 bits per heavy atom. The lowest BCUT2D eigenvalue weighted by atomic mass is 9.75. The Bertz CT molecular complexity index is 857. The van der Waals surface area contributed by atoms with Crippen molar-refractivity contribution < 1.29 is 0 Å². The van der Waals surface area contributed by atoms with Crippen LogP contribution < -0.4 is 0 Å². The highest BCUT2D eigenvalue weighted by Crippen LogP contribution is 2.43. The second-order valence-corrected chi connectivity index (χ2v) is 7.08. The van der Waals surface area contributed by atoms with Gasteiger partial charge in [-0.2, -0.15) is 5.26 Å². The van der Waals surface area contributed by atoms with Gasteiger partial charge in [0.1, 0.15) is 5.41 Å². The third kappa shape index (κ3) is 1.89. The van der Waals surface area contributed by atoms with Crippen molar-refractivity contribution in [1.82, 2.24) is 4.90 Å². The summed E-state index contributed by atoms with van der Waals surface area (Å²) in [4.78, 5) is 3.39. The second-order valence-electron chi connectivity index (χ2n) is 6.00. The van der Waals surface area contributed by atoms with Gasteiger partial charge in [-0.05, 0) is 35.7 Å². The van der Waals surface area contributed by atoms with Crippen molar-refractivity contribution in [2.75, 3.05) is 13.6 Å². The number of nitrogens with zero attached hydrogens (tertiary/aromatic N) is 2. The van der Waals surface area contributed by atoms with E-state index in [0.29, 0.717) is 0 Å². The fourth-order valence-corrected chi connectivity index (χ4v) is 4.67. The smallest absolute Gasteiger partial charge is 0.129 e.